The Hall–Kier alpha value is -2.69. The zero-order chi connectivity index (χ0) is 28.3. The summed E-state index contributed by atoms with van der Waals surface area (Å²) in [6.45, 7) is 5.73. The topological polar surface area (TPSA) is 110 Å². The first-order valence-corrected chi connectivity index (χ1v) is 14.4. The summed E-state index contributed by atoms with van der Waals surface area (Å²) in [6.07, 6.45) is 1.70. The number of hydrogen-bond acceptors (Lipinski definition) is 8. The molecule has 2 heterocycles. The normalized spacial score (nSPS) is 18.6. The predicted molar refractivity (Wildman–Crippen MR) is 151 cm³/mol. The van der Waals surface area contributed by atoms with Gasteiger partial charge in [0.25, 0.3) is 5.56 Å². The minimum Gasteiger partial charge on any atom is -0.382 e. The molecule has 1 fully saturated rings. The summed E-state index contributed by atoms with van der Waals surface area (Å²) < 4.78 is 37.0. The van der Waals surface area contributed by atoms with Crippen molar-refractivity contribution >= 4 is 8.60 Å². The minimum atomic E-state index is -1.73. The van der Waals surface area contributed by atoms with Crippen LogP contribution in [0.5, 0.6) is 0 Å². The number of benzene rings is 2. The zero-order valence-corrected chi connectivity index (χ0v) is 24.0. The van der Waals surface area contributed by atoms with Gasteiger partial charge in [0, 0.05) is 19.4 Å². The molecule has 0 bridgehead atoms. The molecule has 1 aromatic heterocycles. The molecule has 11 heteroatoms. The molecule has 3 aromatic rings. The van der Waals surface area contributed by atoms with Gasteiger partial charge >= 0.3 is 14.3 Å². The van der Waals surface area contributed by atoms with Gasteiger partial charge in [-0.3, -0.25) is 14.3 Å². The number of ether oxygens (including phenoxy) is 3. The number of methoxy groups -OCH3 is 1. The molecule has 0 amide bonds. The van der Waals surface area contributed by atoms with Gasteiger partial charge in [-0.05, 0) is 48.9 Å². The molecule has 1 saturated heterocycles. The second-order valence-corrected chi connectivity index (χ2v) is 10.9. The molecule has 4 atom stereocenters. The average molecular weight is 573 g/mol. The molecule has 4 unspecified atom stereocenters. The number of aromatic amines is 1. The van der Waals surface area contributed by atoms with Gasteiger partial charge in [0.05, 0.1) is 39.1 Å². The molecule has 0 radical (unpaired) electrons. The molecule has 2 aromatic carbocycles. The van der Waals surface area contributed by atoms with Gasteiger partial charge in [-0.1, -0.05) is 48.5 Å². The van der Waals surface area contributed by atoms with Crippen molar-refractivity contribution in [3.05, 3.63) is 104 Å². The lowest BCUT2D eigenvalue weighted by Crippen LogP contribution is -2.31. The molecular weight excluding hydrogens is 535 g/mol. The van der Waals surface area contributed by atoms with Crippen molar-refractivity contribution in [2.45, 2.75) is 58.3 Å². The van der Waals surface area contributed by atoms with Crippen molar-refractivity contribution in [1.29, 1.82) is 0 Å². The van der Waals surface area contributed by atoms with E-state index in [2.05, 4.69) is 37.0 Å². The average Bonchev–Trinajstić information content (AvgIpc) is 3.42. The largest absolute Gasteiger partial charge is 0.382 e. The Balaban J connectivity index is 1.32. The fourth-order valence-electron chi connectivity index (χ4n) is 4.21. The maximum atomic E-state index is 12.1. The van der Waals surface area contributed by atoms with Crippen LogP contribution in [0.1, 0.15) is 41.3 Å². The van der Waals surface area contributed by atoms with Gasteiger partial charge in [0.15, 0.2) is 0 Å². The lowest BCUT2D eigenvalue weighted by atomic mass is 10.1. The molecule has 0 saturated carbocycles. The van der Waals surface area contributed by atoms with Crippen molar-refractivity contribution in [3.63, 3.8) is 0 Å². The summed E-state index contributed by atoms with van der Waals surface area (Å²) in [4.78, 5) is 25.8. The molecular formula is C29H37N2O8P. The number of hydrogen-bond donors (Lipinski definition) is 1. The monoisotopic (exact) mass is 572 g/mol. The second-order valence-electron chi connectivity index (χ2n) is 9.69. The van der Waals surface area contributed by atoms with Crippen LogP contribution in [0.15, 0.2) is 70.4 Å². The number of nitrogens with zero attached hydrogens (tertiary/aromatic N) is 1. The predicted octanol–water partition coefficient (Wildman–Crippen LogP) is 4.54. The fourth-order valence-corrected chi connectivity index (χ4v) is 5.26. The van der Waals surface area contributed by atoms with Crippen LogP contribution < -0.4 is 11.2 Å². The van der Waals surface area contributed by atoms with Gasteiger partial charge < -0.3 is 27.8 Å². The van der Waals surface area contributed by atoms with Crippen LogP contribution in [0.2, 0.25) is 0 Å². The van der Waals surface area contributed by atoms with E-state index in [0.717, 1.165) is 11.1 Å². The van der Waals surface area contributed by atoms with Crippen LogP contribution in [-0.4, -0.2) is 48.7 Å². The molecule has 1 N–H and O–H groups in total. The smallest absolute Gasteiger partial charge is 0.333 e. The maximum absolute atomic E-state index is 12.1. The van der Waals surface area contributed by atoms with Crippen LogP contribution in [0.3, 0.4) is 0 Å². The van der Waals surface area contributed by atoms with Crippen LogP contribution in [0.4, 0.5) is 0 Å². The van der Waals surface area contributed by atoms with Gasteiger partial charge in [-0.2, -0.15) is 0 Å². The lowest BCUT2D eigenvalue weighted by molar-refractivity contribution is -0.0439. The highest BCUT2D eigenvalue weighted by molar-refractivity contribution is 7.41. The Bertz CT molecular complexity index is 1320. The number of aromatic nitrogens is 2. The Labute approximate surface area is 235 Å². The third-order valence-corrected chi connectivity index (χ3v) is 7.63. The molecule has 1 aliphatic heterocycles. The number of nitrogens with one attached hydrogen (secondary N) is 1. The summed E-state index contributed by atoms with van der Waals surface area (Å²) in [6, 6.07) is 17.4. The summed E-state index contributed by atoms with van der Waals surface area (Å²) >= 11 is 0. The Morgan fingerprint density at radius 2 is 1.77 bits per heavy atom. The standard InChI is InChI=1S/C29H37N2O8P/c1-21-9-10-24(15-22(21)2)16-35-26(18-34-3)20-38-40(36-17-23-7-5-4-6-8-23)37-19-25-11-12-28(39-25)31-14-13-27(32)30-29(31)33/h4-10,13-15,25-26,28H,11-12,16-20H2,1-3H3,(H,30,32,33). The van der Waals surface area contributed by atoms with Gasteiger partial charge in [0.1, 0.15) is 12.3 Å². The van der Waals surface area contributed by atoms with E-state index in [1.54, 1.807) is 7.11 Å². The van der Waals surface area contributed by atoms with Crippen LogP contribution in [0.25, 0.3) is 0 Å². The first-order chi connectivity index (χ1) is 19.4. The van der Waals surface area contributed by atoms with Crippen molar-refractivity contribution < 1.29 is 27.8 Å². The van der Waals surface area contributed by atoms with Crippen molar-refractivity contribution in [2.75, 3.05) is 26.9 Å². The third kappa shape index (κ3) is 9.17. The van der Waals surface area contributed by atoms with Crippen LogP contribution in [-0.2, 0) is 41.0 Å². The number of aryl methyl sites for hydroxylation is 2. The van der Waals surface area contributed by atoms with E-state index in [-0.39, 0.29) is 25.4 Å². The Morgan fingerprint density at radius 3 is 2.52 bits per heavy atom. The first-order valence-electron chi connectivity index (χ1n) is 13.3. The molecule has 4 rings (SSSR count). The quantitative estimate of drug-likeness (QED) is 0.265. The number of rotatable bonds is 15. The van der Waals surface area contributed by atoms with Crippen LogP contribution in [0, 0.1) is 13.8 Å². The van der Waals surface area contributed by atoms with E-state index < -0.39 is 26.1 Å². The second kappa shape index (κ2) is 15.3. The highest BCUT2D eigenvalue weighted by Gasteiger charge is 2.29. The maximum Gasteiger partial charge on any atom is 0.333 e. The van der Waals surface area contributed by atoms with E-state index in [4.69, 9.17) is 27.8 Å². The zero-order valence-electron chi connectivity index (χ0n) is 23.1. The fraction of sp³-hybridized carbons (Fsp3) is 0.448. The summed E-state index contributed by atoms with van der Waals surface area (Å²) in [5.74, 6) is 0. The highest BCUT2D eigenvalue weighted by Crippen LogP contribution is 2.42. The van der Waals surface area contributed by atoms with E-state index in [0.29, 0.717) is 32.7 Å². The Kier molecular flexibility index (Phi) is 11.6. The highest BCUT2D eigenvalue weighted by atomic mass is 31.2. The van der Waals surface area contributed by atoms with Crippen molar-refractivity contribution in [1.82, 2.24) is 9.55 Å². The molecule has 10 nitrogen and oxygen atoms in total. The van der Waals surface area contributed by atoms with Crippen molar-refractivity contribution in [2.24, 2.45) is 0 Å². The summed E-state index contributed by atoms with van der Waals surface area (Å²) in [5.41, 5.74) is 3.59. The third-order valence-electron chi connectivity index (χ3n) is 6.57. The van der Waals surface area contributed by atoms with Gasteiger partial charge in [0.2, 0.25) is 0 Å². The van der Waals surface area contributed by atoms with E-state index >= 15 is 0 Å². The van der Waals surface area contributed by atoms with Crippen molar-refractivity contribution in [3.8, 4) is 0 Å². The number of H-pyrrole nitrogens is 1. The SMILES string of the molecule is COCC(COP(OCc1ccccc1)OCC1CCC(n2ccc(=O)[nH]c2=O)O1)OCc1ccc(C)c(C)c1. The summed E-state index contributed by atoms with van der Waals surface area (Å²) in [7, 11) is -0.105. The Morgan fingerprint density at radius 1 is 0.950 bits per heavy atom. The van der Waals surface area contributed by atoms with Crippen LogP contribution >= 0.6 is 8.60 Å². The van der Waals surface area contributed by atoms with E-state index in [9.17, 15) is 9.59 Å². The lowest BCUT2D eigenvalue weighted by Gasteiger charge is -2.23. The molecule has 40 heavy (non-hydrogen) atoms. The molecule has 0 aliphatic carbocycles. The van der Waals surface area contributed by atoms with Gasteiger partial charge in [-0.15, -0.1) is 0 Å². The molecule has 216 valence electrons. The van der Waals surface area contributed by atoms with E-state index in [1.165, 1.54) is 28.0 Å². The van der Waals surface area contributed by atoms with Gasteiger partial charge in [-0.25, -0.2) is 4.79 Å². The summed E-state index contributed by atoms with van der Waals surface area (Å²) in [5, 5.41) is 0. The molecule has 1 aliphatic rings. The first kappa shape index (κ1) is 30.3. The minimum absolute atomic E-state index is 0.222. The van der Waals surface area contributed by atoms with E-state index in [1.807, 2.05) is 30.3 Å². The molecule has 0 spiro atoms.